The third-order valence-electron chi connectivity index (χ3n) is 4.38. The van der Waals surface area contributed by atoms with E-state index in [0.717, 1.165) is 11.4 Å². The van der Waals surface area contributed by atoms with E-state index in [1.54, 1.807) is 11.2 Å². The van der Waals surface area contributed by atoms with Crippen molar-refractivity contribution in [3.8, 4) is 0 Å². The molecular weight excluding hydrogens is 318 g/mol. The Morgan fingerprint density at radius 3 is 2.56 bits per heavy atom. The lowest BCUT2D eigenvalue weighted by Crippen LogP contribution is -2.44. The highest BCUT2D eigenvalue weighted by Gasteiger charge is 2.27. The van der Waals surface area contributed by atoms with Gasteiger partial charge in [-0.05, 0) is 25.0 Å². The number of piperidine rings is 1. The summed E-state index contributed by atoms with van der Waals surface area (Å²) in [4.78, 5) is 30.5. The lowest BCUT2D eigenvalue weighted by molar-refractivity contribution is -0.126. The Hall–Kier alpha value is -2.83. The highest BCUT2D eigenvalue weighted by atomic mass is 16.2. The van der Waals surface area contributed by atoms with Crippen molar-refractivity contribution in [1.82, 2.24) is 19.8 Å². The summed E-state index contributed by atoms with van der Waals surface area (Å²) in [5.41, 5.74) is 1.62. The Morgan fingerprint density at radius 1 is 1.20 bits per heavy atom. The number of amides is 3. The molecule has 7 heteroatoms. The van der Waals surface area contributed by atoms with E-state index in [1.165, 1.54) is 0 Å². The van der Waals surface area contributed by atoms with Gasteiger partial charge in [0.2, 0.25) is 5.91 Å². The first-order valence-corrected chi connectivity index (χ1v) is 8.47. The molecule has 0 atom stereocenters. The van der Waals surface area contributed by atoms with Crippen LogP contribution in [0.25, 0.3) is 0 Å². The first kappa shape index (κ1) is 17.0. The minimum Gasteiger partial charge on any atom is -0.350 e. The Morgan fingerprint density at radius 2 is 1.92 bits per heavy atom. The van der Waals surface area contributed by atoms with Gasteiger partial charge in [-0.25, -0.2) is 9.78 Å². The number of carbonyl (C=O) groups is 2. The van der Waals surface area contributed by atoms with Crippen molar-refractivity contribution in [1.29, 1.82) is 0 Å². The van der Waals surface area contributed by atoms with E-state index < -0.39 is 0 Å². The number of urea groups is 1. The smallest absolute Gasteiger partial charge is 0.321 e. The van der Waals surface area contributed by atoms with Crippen molar-refractivity contribution in [2.45, 2.75) is 19.4 Å². The fourth-order valence-corrected chi connectivity index (χ4v) is 2.95. The highest BCUT2D eigenvalue weighted by Crippen LogP contribution is 2.18. The zero-order valence-electron chi connectivity index (χ0n) is 14.3. The first-order chi connectivity index (χ1) is 12.1. The minimum atomic E-state index is -0.112. The molecule has 132 valence electrons. The van der Waals surface area contributed by atoms with Crippen LogP contribution in [0.15, 0.2) is 42.9 Å². The van der Waals surface area contributed by atoms with E-state index in [1.807, 2.05) is 48.1 Å². The van der Waals surface area contributed by atoms with Crippen LogP contribution < -0.4 is 10.6 Å². The number of carbonyl (C=O) groups excluding carboxylic acids is 2. The van der Waals surface area contributed by atoms with Gasteiger partial charge < -0.3 is 20.1 Å². The zero-order valence-corrected chi connectivity index (χ0v) is 14.3. The van der Waals surface area contributed by atoms with Gasteiger partial charge in [0.05, 0.1) is 18.6 Å². The molecule has 3 rings (SSSR count). The number of nitrogens with zero attached hydrogens (tertiary/aromatic N) is 3. The molecule has 1 aromatic heterocycles. The molecule has 0 saturated carbocycles. The van der Waals surface area contributed by atoms with Crippen LogP contribution in [0.4, 0.5) is 10.5 Å². The second-order valence-electron chi connectivity index (χ2n) is 6.31. The van der Waals surface area contributed by atoms with Crippen LogP contribution in [0.5, 0.6) is 0 Å². The molecule has 0 spiro atoms. The largest absolute Gasteiger partial charge is 0.350 e. The molecule has 1 aliphatic rings. The van der Waals surface area contributed by atoms with Crippen LogP contribution in [-0.2, 0) is 18.4 Å². The van der Waals surface area contributed by atoms with E-state index in [4.69, 9.17) is 0 Å². The lowest BCUT2D eigenvalue weighted by atomic mass is 9.96. The molecule has 3 amide bonds. The molecule has 2 N–H and O–H groups in total. The van der Waals surface area contributed by atoms with Gasteiger partial charge in [0, 0.05) is 37.9 Å². The molecule has 0 radical (unpaired) electrons. The monoisotopic (exact) mass is 341 g/mol. The Balaban J connectivity index is 1.43. The molecule has 1 aliphatic heterocycles. The van der Waals surface area contributed by atoms with E-state index in [-0.39, 0.29) is 17.9 Å². The Labute approximate surface area is 147 Å². The van der Waals surface area contributed by atoms with E-state index in [0.29, 0.717) is 32.5 Å². The maximum Gasteiger partial charge on any atom is 0.321 e. The number of aryl methyl sites for hydroxylation is 1. The van der Waals surface area contributed by atoms with E-state index in [9.17, 15) is 9.59 Å². The van der Waals surface area contributed by atoms with Crippen molar-refractivity contribution >= 4 is 17.6 Å². The number of anilines is 1. The highest BCUT2D eigenvalue weighted by molar-refractivity contribution is 5.89. The van der Waals surface area contributed by atoms with Crippen molar-refractivity contribution in [3.63, 3.8) is 0 Å². The summed E-state index contributed by atoms with van der Waals surface area (Å²) >= 11 is 0. The second kappa shape index (κ2) is 7.83. The number of para-hydroxylation sites is 1. The number of hydrogen-bond donors (Lipinski definition) is 2. The van der Waals surface area contributed by atoms with Crippen molar-refractivity contribution in [2.75, 3.05) is 18.4 Å². The second-order valence-corrected chi connectivity index (χ2v) is 6.31. The third-order valence-corrected chi connectivity index (χ3v) is 4.38. The van der Waals surface area contributed by atoms with E-state index >= 15 is 0 Å². The average Bonchev–Trinajstić information content (AvgIpc) is 3.06. The predicted molar refractivity (Wildman–Crippen MR) is 94.8 cm³/mol. The van der Waals surface area contributed by atoms with E-state index in [2.05, 4.69) is 15.6 Å². The molecule has 7 nitrogen and oxygen atoms in total. The van der Waals surface area contributed by atoms with Gasteiger partial charge in [-0.15, -0.1) is 0 Å². The molecule has 0 bridgehead atoms. The van der Waals surface area contributed by atoms with Crippen molar-refractivity contribution in [3.05, 3.63) is 48.5 Å². The molecule has 0 aliphatic carbocycles. The maximum absolute atomic E-state index is 12.3. The number of aromatic nitrogens is 2. The van der Waals surface area contributed by atoms with Gasteiger partial charge in [0.1, 0.15) is 0 Å². The number of imidazole rings is 1. The van der Waals surface area contributed by atoms with Gasteiger partial charge in [-0.2, -0.15) is 0 Å². The quantitative estimate of drug-likeness (QED) is 0.892. The number of likely N-dealkylation sites (tertiary alicyclic amines) is 1. The minimum absolute atomic E-state index is 0.0359. The van der Waals surface area contributed by atoms with Crippen LogP contribution in [0.1, 0.15) is 18.5 Å². The Kier molecular flexibility index (Phi) is 5.33. The van der Waals surface area contributed by atoms with Gasteiger partial charge in [0.25, 0.3) is 0 Å². The van der Waals surface area contributed by atoms with Crippen LogP contribution in [0, 0.1) is 5.92 Å². The zero-order chi connectivity index (χ0) is 17.6. The summed E-state index contributed by atoms with van der Waals surface area (Å²) in [6, 6.07) is 9.27. The fraction of sp³-hybridized carbons (Fsp3) is 0.389. The molecule has 2 heterocycles. The molecule has 1 saturated heterocycles. The molecule has 2 aromatic rings. The maximum atomic E-state index is 12.3. The summed E-state index contributed by atoms with van der Waals surface area (Å²) < 4.78 is 1.85. The number of hydrogen-bond acceptors (Lipinski definition) is 3. The van der Waals surface area contributed by atoms with Crippen LogP contribution >= 0.6 is 0 Å². The molecule has 25 heavy (non-hydrogen) atoms. The topological polar surface area (TPSA) is 79.3 Å². The van der Waals surface area contributed by atoms with Crippen molar-refractivity contribution in [2.24, 2.45) is 13.0 Å². The van der Waals surface area contributed by atoms with Gasteiger partial charge in [0.15, 0.2) is 0 Å². The average molecular weight is 341 g/mol. The summed E-state index contributed by atoms with van der Waals surface area (Å²) in [7, 11) is 1.90. The standard InChI is InChI=1S/C18H23N5O2/c1-22-12-16(20-13-22)11-19-17(24)14-7-9-23(10-8-14)18(25)21-15-5-3-2-4-6-15/h2-6,12-14H,7-11H2,1H3,(H,19,24)(H,21,25). The first-order valence-electron chi connectivity index (χ1n) is 8.47. The van der Waals surface area contributed by atoms with Gasteiger partial charge in [-0.1, -0.05) is 18.2 Å². The number of rotatable bonds is 4. The van der Waals surface area contributed by atoms with Crippen LogP contribution in [0.3, 0.4) is 0 Å². The summed E-state index contributed by atoms with van der Waals surface area (Å²) in [6.45, 7) is 1.61. The normalized spacial score (nSPS) is 15.0. The number of nitrogens with one attached hydrogen (secondary N) is 2. The predicted octanol–water partition coefficient (Wildman–Crippen LogP) is 1.98. The summed E-state index contributed by atoms with van der Waals surface area (Å²) in [5, 5.41) is 5.81. The fourth-order valence-electron chi connectivity index (χ4n) is 2.95. The Bertz CT molecular complexity index is 720. The molecule has 0 unspecified atom stereocenters. The number of benzene rings is 1. The molecular formula is C18H23N5O2. The van der Waals surface area contributed by atoms with Crippen LogP contribution in [0.2, 0.25) is 0 Å². The third kappa shape index (κ3) is 4.59. The molecule has 1 fully saturated rings. The summed E-state index contributed by atoms with van der Waals surface area (Å²) in [6.07, 6.45) is 4.95. The van der Waals surface area contributed by atoms with Gasteiger partial charge >= 0.3 is 6.03 Å². The lowest BCUT2D eigenvalue weighted by Gasteiger charge is -2.31. The molecule has 1 aromatic carbocycles. The van der Waals surface area contributed by atoms with Crippen LogP contribution in [-0.4, -0.2) is 39.5 Å². The van der Waals surface area contributed by atoms with Crippen molar-refractivity contribution < 1.29 is 9.59 Å². The van der Waals surface area contributed by atoms with Gasteiger partial charge in [-0.3, -0.25) is 4.79 Å². The summed E-state index contributed by atoms with van der Waals surface area (Å²) in [5.74, 6) is -0.0155. The SMILES string of the molecule is Cn1cnc(CNC(=O)C2CCN(C(=O)Nc3ccccc3)CC2)c1.